The molecule has 1 saturated heterocycles. The number of aryl methyl sites for hydroxylation is 2. The van der Waals surface area contributed by atoms with Crippen molar-refractivity contribution in [3.63, 3.8) is 0 Å². The van der Waals surface area contributed by atoms with Crippen LogP contribution in [0.2, 0.25) is 0 Å². The van der Waals surface area contributed by atoms with Crippen molar-refractivity contribution in [3.8, 4) is 0 Å². The lowest BCUT2D eigenvalue weighted by molar-refractivity contribution is -0.136. The maximum Gasteiger partial charge on any atom is 0.247 e. The highest BCUT2D eigenvalue weighted by Crippen LogP contribution is 2.24. The van der Waals surface area contributed by atoms with E-state index in [1.54, 1.807) is 4.90 Å². The van der Waals surface area contributed by atoms with Crippen LogP contribution in [0, 0.1) is 0 Å². The molecule has 5 heteroatoms. The standard InChI is InChI=1S/C25H28N2O3/c28-23(20-13-12-18-7-4-5-8-19(18)17-20)14-15-24(29)27-16-6-11-22(27)25(30)26-21-9-2-1-3-10-21/h1-3,9-10,12-13,17,22H,4-8,11,14-16H2,(H,26,30). The van der Waals surface area contributed by atoms with Gasteiger partial charge in [-0.25, -0.2) is 0 Å². The Balaban J connectivity index is 1.33. The molecule has 1 fully saturated rings. The topological polar surface area (TPSA) is 66.5 Å². The summed E-state index contributed by atoms with van der Waals surface area (Å²) in [4.78, 5) is 39.7. The molecule has 156 valence electrons. The van der Waals surface area contributed by atoms with Crippen LogP contribution in [0.5, 0.6) is 0 Å². The van der Waals surface area contributed by atoms with Crippen LogP contribution in [0.4, 0.5) is 5.69 Å². The average molecular weight is 405 g/mol. The zero-order chi connectivity index (χ0) is 20.9. The third kappa shape index (κ3) is 4.61. The van der Waals surface area contributed by atoms with Crippen molar-refractivity contribution in [2.75, 3.05) is 11.9 Å². The number of likely N-dealkylation sites (tertiary alicyclic amines) is 1. The minimum Gasteiger partial charge on any atom is -0.331 e. The number of benzene rings is 2. The number of fused-ring (bicyclic) bond motifs is 1. The second-order valence-electron chi connectivity index (χ2n) is 8.21. The number of nitrogens with zero attached hydrogens (tertiary/aromatic N) is 1. The molecule has 1 heterocycles. The van der Waals surface area contributed by atoms with Gasteiger partial charge in [0.15, 0.2) is 5.78 Å². The number of anilines is 1. The van der Waals surface area contributed by atoms with Crippen molar-refractivity contribution in [3.05, 3.63) is 65.2 Å². The normalized spacial score (nSPS) is 18.0. The minimum atomic E-state index is -0.462. The van der Waals surface area contributed by atoms with Crippen LogP contribution in [0.15, 0.2) is 48.5 Å². The molecule has 2 aromatic rings. The van der Waals surface area contributed by atoms with E-state index in [0.717, 1.165) is 24.9 Å². The van der Waals surface area contributed by atoms with Crippen molar-refractivity contribution >= 4 is 23.3 Å². The van der Waals surface area contributed by atoms with Crippen LogP contribution < -0.4 is 5.32 Å². The minimum absolute atomic E-state index is 0.00112. The molecule has 1 N–H and O–H groups in total. The fourth-order valence-corrected chi connectivity index (χ4v) is 4.50. The third-order valence-electron chi connectivity index (χ3n) is 6.15. The fraction of sp³-hybridized carbons (Fsp3) is 0.400. The summed E-state index contributed by atoms with van der Waals surface area (Å²) in [5.41, 5.74) is 4.04. The molecule has 0 radical (unpaired) electrons. The molecule has 5 nitrogen and oxygen atoms in total. The van der Waals surface area contributed by atoms with E-state index in [-0.39, 0.29) is 30.4 Å². The van der Waals surface area contributed by atoms with E-state index in [2.05, 4.69) is 11.4 Å². The Bertz CT molecular complexity index is 939. The molecule has 0 spiro atoms. The first kappa shape index (κ1) is 20.3. The first-order valence-corrected chi connectivity index (χ1v) is 10.9. The van der Waals surface area contributed by atoms with Gasteiger partial charge in [-0.1, -0.05) is 30.3 Å². The van der Waals surface area contributed by atoms with Crippen molar-refractivity contribution in [1.29, 1.82) is 0 Å². The molecule has 1 atom stereocenters. The van der Waals surface area contributed by atoms with Crippen LogP contribution in [-0.2, 0) is 22.4 Å². The Morgan fingerprint density at radius 3 is 2.47 bits per heavy atom. The van der Waals surface area contributed by atoms with Crippen molar-refractivity contribution < 1.29 is 14.4 Å². The van der Waals surface area contributed by atoms with E-state index in [4.69, 9.17) is 0 Å². The van der Waals surface area contributed by atoms with Gasteiger partial charge in [0.25, 0.3) is 0 Å². The first-order chi connectivity index (χ1) is 14.6. The monoisotopic (exact) mass is 404 g/mol. The molecule has 1 aliphatic heterocycles. The summed E-state index contributed by atoms with van der Waals surface area (Å²) < 4.78 is 0. The summed E-state index contributed by atoms with van der Waals surface area (Å²) in [6, 6.07) is 14.8. The van der Waals surface area contributed by atoms with Gasteiger partial charge in [0, 0.05) is 30.6 Å². The zero-order valence-electron chi connectivity index (χ0n) is 17.2. The van der Waals surface area contributed by atoms with E-state index in [0.29, 0.717) is 18.5 Å². The lowest BCUT2D eigenvalue weighted by atomic mass is 9.89. The van der Waals surface area contributed by atoms with Gasteiger partial charge in [-0.05, 0) is 67.9 Å². The molecular formula is C25H28N2O3. The van der Waals surface area contributed by atoms with Gasteiger partial charge in [-0.15, -0.1) is 0 Å². The number of para-hydroxylation sites is 1. The maximum atomic E-state index is 12.8. The predicted molar refractivity (Wildman–Crippen MR) is 116 cm³/mol. The largest absolute Gasteiger partial charge is 0.331 e. The number of hydrogen-bond acceptors (Lipinski definition) is 3. The molecular weight excluding hydrogens is 376 g/mol. The Hall–Kier alpha value is -2.95. The number of nitrogens with one attached hydrogen (secondary N) is 1. The molecule has 2 aromatic carbocycles. The molecule has 30 heavy (non-hydrogen) atoms. The fourth-order valence-electron chi connectivity index (χ4n) is 4.50. The number of rotatable bonds is 6. The highest BCUT2D eigenvalue weighted by atomic mass is 16.2. The summed E-state index contributed by atoms with van der Waals surface area (Å²) in [5.74, 6) is -0.277. The molecule has 0 aromatic heterocycles. The number of ketones is 1. The Labute approximate surface area is 177 Å². The molecule has 4 rings (SSSR count). The zero-order valence-corrected chi connectivity index (χ0v) is 17.2. The van der Waals surface area contributed by atoms with E-state index >= 15 is 0 Å². The molecule has 2 aliphatic rings. The van der Waals surface area contributed by atoms with Crippen LogP contribution in [0.3, 0.4) is 0 Å². The predicted octanol–water partition coefficient (Wildman–Crippen LogP) is 4.16. The molecule has 1 aliphatic carbocycles. The summed E-state index contributed by atoms with van der Waals surface area (Å²) >= 11 is 0. The number of Topliss-reactive ketones (excluding diaryl/α,β-unsaturated/α-hetero) is 1. The third-order valence-corrected chi connectivity index (χ3v) is 6.15. The van der Waals surface area contributed by atoms with Gasteiger partial charge in [0.1, 0.15) is 6.04 Å². The number of carbonyl (C=O) groups is 3. The van der Waals surface area contributed by atoms with Crippen LogP contribution >= 0.6 is 0 Å². The molecule has 0 saturated carbocycles. The van der Waals surface area contributed by atoms with Gasteiger partial charge in [-0.2, -0.15) is 0 Å². The second kappa shape index (κ2) is 9.24. The van der Waals surface area contributed by atoms with Gasteiger partial charge in [0.2, 0.25) is 11.8 Å². The van der Waals surface area contributed by atoms with Crippen LogP contribution in [0.25, 0.3) is 0 Å². The highest BCUT2D eigenvalue weighted by molar-refractivity contribution is 6.00. The van der Waals surface area contributed by atoms with Gasteiger partial charge in [0.05, 0.1) is 0 Å². The van der Waals surface area contributed by atoms with E-state index in [1.807, 2.05) is 42.5 Å². The smallest absolute Gasteiger partial charge is 0.247 e. The van der Waals surface area contributed by atoms with Crippen LogP contribution in [-0.4, -0.2) is 35.1 Å². The molecule has 1 unspecified atom stereocenters. The second-order valence-corrected chi connectivity index (χ2v) is 8.21. The van der Waals surface area contributed by atoms with Crippen molar-refractivity contribution in [2.45, 2.75) is 57.4 Å². The Morgan fingerprint density at radius 2 is 1.67 bits per heavy atom. The average Bonchev–Trinajstić information content (AvgIpc) is 3.28. The Morgan fingerprint density at radius 1 is 0.900 bits per heavy atom. The van der Waals surface area contributed by atoms with E-state index in [9.17, 15) is 14.4 Å². The summed E-state index contributed by atoms with van der Waals surface area (Å²) in [7, 11) is 0. The lowest BCUT2D eigenvalue weighted by Gasteiger charge is -2.24. The van der Waals surface area contributed by atoms with E-state index < -0.39 is 6.04 Å². The van der Waals surface area contributed by atoms with Crippen molar-refractivity contribution in [1.82, 2.24) is 4.90 Å². The van der Waals surface area contributed by atoms with Crippen molar-refractivity contribution in [2.24, 2.45) is 0 Å². The highest BCUT2D eigenvalue weighted by Gasteiger charge is 2.34. The number of carbonyl (C=O) groups excluding carboxylic acids is 3. The molecule has 2 amide bonds. The Kier molecular flexibility index (Phi) is 6.26. The van der Waals surface area contributed by atoms with Gasteiger partial charge in [-0.3, -0.25) is 14.4 Å². The van der Waals surface area contributed by atoms with E-state index in [1.165, 1.54) is 24.0 Å². The SMILES string of the molecule is O=C(CCC(=O)N1CCCC1C(=O)Nc1ccccc1)c1ccc2c(c1)CCCC2. The number of amides is 2. The van der Waals surface area contributed by atoms with Gasteiger partial charge >= 0.3 is 0 Å². The lowest BCUT2D eigenvalue weighted by Crippen LogP contribution is -2.43. The first-order valence-electron chi connectivity index (χ1n) is 10.9. The summed E-state index contributed by atoms with van der Waals surface area (Å²) in [6.45, 7) is 0.568. The van der Waals surface area contributed by atoms with Gasteiger partial charge < -0.3 is 10.2 Å². The quantitative estimate of drug-likeness (QED) is 0.735. The van der Waals surface area contributed by atoms with Crippen LogP contribution in [0.1, 0.15) is 60.0 Å². The summed E-state index contributed by atoms with van der Waals surface area (Å²) in [6.07, 6.45) is 6.28. The molecule has 0 bridgehead atoms. The maximum absolute atomic E-state index is 12.8. The summed E-state index contributed by atoms with van der Waals surface area (Å²) in [5, 5.41) is 2.89. The number of hydrogen-bond donors (Lipinski definition) is 1.